The van der Waals surface area contributed by atoms with E-state index in [4.69, 9.17) is 16.3 Å². The number of hydrogen-bond acceptors (Lipinski definition) is 2. The highest BCUT2D eigenvalue weighted by Gasteiger charge is 2.26. The van der Waals surface area contributed by atoms with Crippen LogP contribution < -0.4 is 4.74 Å². The number of rotatable bonds is 3. The molecule has 1 aromatic carbocycles. The molecule has 0 aliphatic carbocycles. The summed E-state index contributed by atoms with van der Waals surface area (Å²) in [4.78, 5) is 2.50. The van der Waals surface area contributed by atoms with Gasteiger partial charge in [0.25, 0.3) is 0 Å². The monoisotopic (exact) mass is 295 g/mol. The van der Waals surface area contributed by atoms with Gasteiger partial charge in [0, 0.05) is 24.7 Å². The summed E-state index contributed by atoms with van der Waals surface area (Å²) < 4.78 is 5.92. The van der Waals surface area contributed by atoms with Crippen molar-refractivity contribution in [2.45, 2.75) is 46.6 Å². The molecule has 0 amide bonds. The van der Waals surface area contributed by atoms with E-state index in [0.29, 0.717) is 24.5 Å². The third-order valence-electron chi connectivity index (χ3n) is 3.98. The molecule has 0 saturated heterocycles. The summed E-state index contributed by atoms with van der Waals surface area (Å²) >= 11 is 6.44. The highest BCUT2D eigenvalue weighted by atomic mass is 35.5. The fraction of sp³-hybridized carbons (Fsp3) is 0.647. The van der Waals surface area contributed by atoms with Crippen molar-refractivity contribution in [2.24, 2.45) is 5.92 Å². The fourth-order valence-electron chi connectivity index (χ4n) is 2.81. The summed E-state index contributed by atoms with van der Waals surface area (Å²) in [6.45, 7) is 13.9. The van der Waals surface area contributed by atoms with Crippen LogP contribution in [-0.2, 0) is 0 Å². The zero-order chi connectivity index (χ0) is 14.9. The van der Waals surface area contributed by atoms with E-state index in [-0.39, 0.29) is 0 Å². The van der Waals surface area contributed by atoms with Crippen molar-refractivity contribution in [1.82, 2.24) is 4.90 Å². The second-order valence-electron chi connectivity index (χ2n) is 6.49. The molecule has 0 aromatic heterocycles. The predicted octanol–water partition coefficient (Wildman–Crippen LogP) is 4.87. The van der Waals surface area contributed by atoms with Crippen molar-refractivity contribution in [3.63, 3.8) is 0 Å². The maximum Gasteiger partial charge on any atom is 0.142 e. The van der Waals surface area contributed by atoms with E-state index in [1.807, 2.05) is 0 Å². The predicted molar refractivity (Wildman–Crippen MR) is 85.9 cm³/mol. The number of hydrogen-bond donors (Lipinski definition) is 0. The number of halogens is 1. The van der Waals surface area contributed by atoms with Gasteiger partial charge in [-0.05, 0) is 30.4 Å². The number of fused-ring (bicyclic) bond motifs is 1. The average Bonchev–Trinajstić information content (AvgIpc) is 2.51. The Morgan fingerprint density at radius 2 is 2.00 bits per heavy atom. The van der Waals surface area contributed by atoms with Crippen LogP contribution in [0, 0.1) is 5.92 Å². The standard InChI is InChI=1S/C17H26ClNO/c1-11(2)10-19-6-7-20-17-15(13(19)5)8-14(12(3)4)9-16(17)18/h8-9,11-13H,6-7,10H2,1-5H3/t13-/m1/s1. The van der Waals surface area contributed by atoms with Gasteiger partial charge in [-0.3, -0.25) is 4.90 Å². The van der Waals surface area contributed by atoms with Crippen LogP contribution >= 0.6 is 11.6 Å². The summed E-state index contributed by atoms with van der Waals surface area (Å²) in [6, 6.07) is 4.68. The van der Waals surface area contributed by atoms with Crippen LogP contribution in [0.1, 0.15) is 57.7 Å². The number of nitrogens with zero attached hydrogens (tertiary/aromatic N) is 1. The summed E-state index contributed by atoms with van der Waals surface area (Å²) in [7, 11) is 0. The molecule has 0 spiro atoms. The molecule has 1 aliphatic heterocycles. The molecule has 0 bridgehead atoms. The maximum absolute atomic E-state index is 6.44. The maximum atomic E-state index is 6.44. The van der Waals surface area contributed by atoms with Crippen LogP contribution in [0.15, 0.2) is 12.1 Å². The Morgan fingerprint density at radius 1 is 1.30 bits per heavy atom. The lowest BCUT2D eigenvalue weighted by Gasteiger charge is -2.29. The van der Waals surface area contributed by atoms with E-state index < -0.39 is 0 Å². The topological polar surface area (TPSA) is 12.5 Å². The molecule has 2 nitrogen and oxygen atoms in total. The smallest absolute Gasteiger partial charge is 0.142 e. The number of ether oxygens (including phenoxy) is 1. The SMILES string of the molecule is CC(C)CN1CCOc2c(Cl)cc(C(C)C)cc2[C@H]1C. The fourth-order valence-corrected chi connectivity index (χ4v) is 3.10. The molecule has 0 fully saturated rings. The van der Waals surface area contributed by atoms with E-state index in [0.717, 1.165) is 23.9 Å². The first kappa shape index (κ1) is 15.7. The van der Waals surface area contributed by atoms with E-state index in [1.165, 1.54) is 11.1 Å². The van der Waals surface area contributed by atoms with Gasteiger partial charge >= 0.3 is 0 Å². The lowest BCUT2D eigenvalue weighted by Crippen LogP contribution is -2.32. The quantitative estimate of drug-likeness (QED) is 0.788. The van der Waals surface area contributed by atoms with Crippen molar-refractivity contribution in [2.75, 3.05) is 19.7 Å². The van der Waals surface area contributed by atoms with Crippen molar-refractivity contribution in [3.8, 4) is 5.75 Å². The summed E-state index contributed by atoms with van der Waals surface area (Å²) in [5, 5.41) is 0.754. The molecule has 20 heavy (non-hydrogen) atoms. The van der Waals surface area contributed by atoms with Gasteiger partial charge in [0.15, 0.2) is 0 Å². The van der Waals surface area contributed by atoms with E-state index in [1.54, 1.807) is 0 Å². The van der Waals surface area contributed by atoms with Crippen LogP contribution in [0.2, 0.25) is 5.02 Å². The summed E-state index contributed by atoms with van der Waals surface area (Å²) in [5.41, 5.74) is 2.52. The Morgan fingerprint density at radius 3 is 2.60 bits per heavy atom. The summed E-state index contributed by atoms with van der Waals surface area (Å²) in [5.74, 6) is 2.02. The first-order valence-electron chi connectivity index (χ1n) is 7.60. The van der Waals surface area contributed by atoms with Crippen LogP contribution in [0.3, 0.4) is 0 Å². The van der Waals surface area contributed by atoms with Crippen LogP contribution in [0.4, 0.5) is 0 Å². The van der Waals surface area contributed by atoms with Gasteiger partial charge in [-0.25, -0.2) is 0 Å². The molecule has 2 rings (SSSR count). The van der Waals surface area contributed by atoms with Gasteiger partial charge in [-0.15, -0.1) is 0 Å². The van der Waals surface area contributed by atoms with Gasteiger partial charge < -0.3 is 4.74 Å². The molecule has 0 N–H and O–H groups in total. The van der Waals surface area contributed by atoms with Gasteiger partial charge in [-0.2, -0.15) is 0 Å². The molecular formula is C17H26ClNO. The van der Waals surface area contributed by atoms with Crippen molar-refractivity contribution in [3.05, 3.63) is 28.3 Å². The Hall–Kier alpha value is -0.730. The Bertz CT molecular complexity index is 470. The van der Waals surface area contributed by atoms with Crippen LogP contribution in [0.5, 0.6) is 5.75 Å². The van der Waals surface area contributed by atoms with Gasteiger partial charge in [-0.1, -0.05) is 45.4 Å². The highest BCUT2D eigenvalue weighted by Crippen LogP contribution is 2.39. The summed E-state index contributed by atoms with van der Waals surface area (Å²) in [6.07, 6.45) is 0. The molecule has 3 heteroatoms. The minimum absolute atomic E-state index is 0.353. The zero-order valence-corrected chi connectivity index (χ0v) is 14.0. The largest absolute Gasteiger partial charge is 0.490 e. The third-order valence-corrected chi connectivity index (χ3v) is 4.26. The number of benzene rings is 1. The van der Waals surface area contributed by atoms with Gasteiger partial charge in [0.05, 0.1) is 5.02 Å². The van der Waals surface area contributed by atoms with Crippen molar-refractivity contribution < 1.29 is 4.74 Å². The molecule has 0 unspecified atom stereocenters. The minimum Gasteiger partial charge on any atom is -0.490 e. The van der Waals surface area contributed by atoms with Crippen molar-refractivity contribution >= 4 is 11.6 Å². The van der Waals surface area contributed by atoms with Crippen molar-refractivity contribution in [1.29, 1.82) is 0 Å². The molecular weight excluding hydrogens is 270 g/mol. The highest BCUT2D eigenvalue weighted by molar-refractivity contribution is 6.32. The third kappa shape index (κ3) is 3.29. The molecule has 112 valence electrons. The minimum atomic E-state index is 0.353. The first-order chi connectivity index (χ1) is 9.40. The Kier molecular flexibility index (Phi) is 4.98. The van der Waals surface area contributed by atoms with E-state index in [2.05, 4.69) is 51.7 Å². The molecule has 0 saturated carbocycles. The molecule has 1 aliphatic rings. The lowest BCUT2D eigenvalue weighted by molar-refractivity contribution is 0.173. The van der Waals surface area contributed by atoms with Gasteiger partial charge in [0.2, 0.25) is 0 Å². The molecule has 1 heterocycles. The Labute approximate surface area is 128 Å². The normalized spacial score (nSPS) is 19.9. The van der Waals surface area contributed by atoms with Gasteiger partial charge in [0.1, 0.15) is 12.4 Å². The molecule has 1 aromatic rings. The van der Waals surface area contributed by atoms with Crippen LogP contribution in [0.25, 0.3) is 0 Å². The van der Waals surface area contributed by atoms with E-state index >= 15 is 0 Å². The second kappa shape index (κ2) is 6.36. The Balaban J connectivity index is 2.40. The van der Waals surface area contributed by atoms with Crippen LogP contribution in [-0.4, -0.2) is 24.6 Å². The first-order valence-corrected chi connectivity index (χ1v) is 7.98. The molecule has 1 atom stereocenters. The lowest BCUT2D eigenvalue weighted by atomic mass is 9.96. The zero-order valence-electron chi connectivity index (χ0n) is 13.2. The second-order valence-corrected chi connectivity index (χ2v) is 6.90. The average molecular weight is 296 g/mol. The van der Waals surface area contributed by atoms with E-state index in [9.17, 15) is 0 Å². The molecule has 0 radical (unpaired) electrons.